The highest BCUT2D eigenvalue weighted by Gasteiger charge is 2.15. The molecule has 19 heavy (non-hydrogen) atoms. The Morgan fingerprint density at radius 1 is 1.32 bits per heavy atom. The van der Waals surface area contributed by atoms with Gasteiger partial charge in [-0.15, -0.1) is 0 Å². The van der Waals surface area contributed by atoms with Gasteiger partial charge in [0.25, 0.3) is 10.0 Å². The SMILES string of the molecule is N#Cc1ccc(Cl)c(NS(=O)(=O)c2cccnc2)c1. The number of rotatable bonds is 3. The predicted octanol–water partition coefficient (Wildman–Crippen LogP) is 2.41. The molecule has 0 radical (unpaired) electrons. The number of benzene rings is 1. The summed E-state index contributed by atoms with van der Waals surface area (Å²) in [4.78, 5) is 3.77. The van der Waals surface area contributed by atoms with Gasteiger partial charge in [0.15, 0.2) is 0 Å². The van der Waals surface area contributed by atoms with Crippen molar-refractivity contribution < 1.29 is 8.42 Å². The molecule has 7 heteroatoms. The fourth-order valence-electron chi connectivity index (χ4n) is 1.38. The number of aromatic nitrogens is 1. The van der Waals surface area contributed by atoms with Crippen molar-refractivity contribution in [3.63, 3.8) is 0 Å². The Bertz CT molecular complexity index is 739. The van der Waals surface area contributed by atoms with Gasteiger partial charge < -0.3 is 0 Å². The second kappa shape index (κ2) is 5.26. The van der Waals surface area contributed by atoms with Gasteiger partial charge in [0, 0.05) is 12.4 Å². The average molecular weight is 294 g/mol. The third-order valence-corrected chi connectivity index (χ3v) is 3.96. The molecule has 2 rings (SSSR count). The number of nitrogens with zero attached hydrogens (tertiary/aromatic N) is 2. The Labute approximate surface area is 115 Å². The molecular formula is C12H8ClN3O2S. The lowest BCUT2D eigenvalue weighted by Crippen LogP contribution is -2.13. The van der Waals surface area contributed by atoms with Crippen LogP contribution in [0.3, 0.4) is 0 Å². The van der Waals surface area contributed by atoms with Crippen molar-refractivity contribution in [2.45, 2.75) is 4.90 Å². The topological polar surface area (TPSA) is 82.9 Å². The first-order chi connectivity index (χ1) is 9.03. The summed E-state index contributed by atoms with van der Waals surface area (Å²) in [6, 6.07) is 9.18. The van der Waals surface area contributed by atoms with Gasteiger partial charge in [0.2, 0.25) is 0 Å². The van der Waals surface area contributed by atoms with Crippen molar-refractivity contribution in [3.05, 3.63) is 53.3 Å². The number of halogens is 1. The third-order valence-electron chi connectivity index (χ3n) is 2.28. The third kappa shape index (κ3) is 3.02. The van der Waals surface area contributed by atoms with E-state index in [-0.39, 0.29) is 15.6 Å². The van der Waals surface area contributed by atoms with Crippen molar-refractivity contribution in [1.29, 1.82) is 5.26 Å². The quantitative estimate of drug-likeness (QED) is 0.942. The van der Waals surface area contributed by atoms with Gasteiger partial charge in [0.05, 0.1) is 22.3 Å². The maximum atomic E-state index is 12.1. The molecule has 0 amide bonds. The molecule has 0 aliphatic heterocycles. The van der Waals surface area contributed by atoms with Crippen LogP contribution in [0.5, 0.6) is 0 Å². The van der Waals surface area contributed by atoms with Gasteiger partial charge in [-0.3, -0.25) is 9.71 Å². The molecule has 0 fully saturated rings. The molecule has 0 unspecified atom stereocenters. The van der Waals surface area contributed by atoms with E-state index in [9.17, 15) is 8.42 Å². The maximum absolute atomic E-state index is 12.1. The van der Waals surface area contributed by atoms with Crippen LogP contribution in [-0.4, -0.2) is 13.4 Å². The molecule has 0 saturated heterocycles. The fraction of sp³-hybridized carbons (Fsp3) is 0. The van der Waals surface area contributed by atoms with E-state index >= 15 is 0 Å². The van der Waals surface area contributed by atoms with Gasteiger partial charge in [-0.05, 0) is 30.3 Å². The number of anilines is 1. The van der Waals surface area contributed by atoms with E-state index in [1.807, 2.05) is 6.07 Å². The Kier molecular flexibility index (Phi) is 3.69. The van der Waals surface area contributed by atoms with Gasteiger partial charge in [-0.2, -0.15) is 5.26 Å². The van der Waals surface area contributed by atoms with Crippen LogP contribution in [0.25, 0.3) is 0 Å². The van der Waals surface area contributed by atoms with Crippen LogP contribution in [0.15, 0.2) is 47.6 Å². The molecule has 1 N–H and O–H groups in total. The Balaban J connectivity index is 2.39. The second-order valence-electron chi connectivity index (χ2n) is 3.60. The molecule has 0 bridgehead atoms. The standard InChI is InChI=1S/C12H8ClN3O2S/c13-11-4-3-9(7-14)6-12(11)16-19(17,18)10-2-1-5-15-8-10/h1-6,8,16H. The van der Waals surface area contributed by atoms with E-state index in [0.29, 0.717) is 5.56 Å². The van der Waals surface area contributed by atoms with E-state index in [1.165, 1.54) is 42.7 Å². The second-order valence-corrected chi connectivity index (χ2v) is 5.69. The minimum absolute atomic E-state index is 0.0217. The molecule has 0 saturated carbocycles. The molecule has 1 heterocycles. The van der Waals surface area contributed by atoms with Crippen LogP contribution >= 0.6 is 11.6 Å². The van der Waals surface area contributed by atoms with Gasteiger partial charge in [-0.25, -0.2) is 8.42 Å². The summed E-state index contributed by atoms with van der Waals surface area (Å²) in [5.41, 5.74) is 0.470. The summed E-state index contributed by atoms with van der Waals surface area (Å²) in [6.45, 7) is 0. The number of sulfonamides is 1. The highest BCUT2D eigenvalue weighted by molar-refractivity contribution is 7.92. The van der Waals surface area contributed by atoms with Crippen molar-refractivity contribution in [3.8, 4) is 6.07 Å². The Morgan fingerprint density at radius 3 is 2.74 bits per heavy atom. The smallest absolute Gasteiger partial charge is 0.263 e. The lowest BCUT2D eigenvalue weighted by atomic mass is 10.2. The molecule has 1 aromatic heterocycles. The minimum atomic E-state index is -3.77. The van der Waals surface area contributed by atoms with Crippen LogP contribution < -0.4 is 4.72 Å². The Hall–Kier alpha value is -2.10. The van der Waals surface area contributed by atoms with Crippen LogP contribution in [0.2, 0.25) is 5.02 Å². The predicted molar refractivity (Wildman–Crippen MR) is 71.2 cm³/mol. The van der Waals surface area contributed by atoms with Crippen molar-refractivity contribution in [1.82, 2.24) is 4.98 Å². The van der Waals surface area contributed by atoms with Gasteiger partial charge >= 0.3 is 0 Å². The lowest BCUT2D eigenvalue weighted by molar-refractivity contribution is 0.601. The van der Waals surface area contributed by atoms with Crippen molar-refractivity contribution >= 4 is 27.3 Å². The first-order valence-electron chi connectivity index (χ1n) is 5.15. The normalized spacial score (nSPS) is 10.7. The molecule has 1 aromatic carbocycles. The number of nitriles is 1. The van der Waals surface area contributed by atoms with Crippen molar-refractivity contribution in [2.75, 3.05) is 4.72 Å². The zero-order valence-corrected chi connectivity index (χ0v) is 11.1. The molecule has 5 nitrogen and oxygen atoms in total. The van der Waals surface area contributed by atoms with E-state index < -0.39 is 10.0 Å². The first-order valence-corrected chi connectivity index (χ1v) is 7.01. The number of hydrogen-bond acceptors (Lipinski definition) is 4. The van der Waals surface area contributed by atoms with E-state index in [1.54, 1.807) is 0 Å². The van der Waals surface area contributed by atoms with E-state index in [2.05, 4.69) is 9.71 Å². The molecule has 96 valence electrons. The minimum Gasteiger partial charge on any atom is -0.278 e. The zero-order valence-electron chi connectivity index (χ0n) is 9.54. The summed E-state index contributed by atoms with van der Waals surface area (Å²) in [5.74, 6) is 0. The first kappa shape index (κ1) is 13.3. The summed E-state index contributed by atoms with van der Waals surface area (Å²) in [6.07, 6.45) is 2.70. The number of hydrogen-bond donors (Lipinski definition) is 1. The van der Waals surface area contributed by atoms with Gasteiger partial charge in [0.1, 0.15) is 4.90 Å². The van der Waals surface area contributed by atoms with Gasteiger partial charge in [-0.1, -0.05) is 11.6 Å². The molecule has 0 atom stereocenters. The number of nitrogens with one attached hydrogen (secondary N) is 1. The summed E-state index contributed by atoms with van der Waals surface area (Å²) in [7, 11) is -3.77. The number of pyridine rings is 1. The zero-order chi connectivity index (χ0) is 13.9. The van der Waals surface area contributed by atoms with Crippen molar-refractivity contribution in [2.24, 2.45) is 0 Å². The molecular weight excluding hydrogens is 286 g/mol. The molecule has 0 aliphatic carbocycles. The summed E-state index contributed by atoms with van der Waals surface area (Å²) >= 11 is 5.89. The summed E-state index contributed by atoms with van der Waals surface area (Å²) in [5, 5.41) is 9.00. The monoisotopic (exact) mass is 293 g/mol. The fourth-order valence-corrected chi connectivity index (χ4v) is 2.64. The van der Waals surface area contributed by atoms with Crippen LogP contribution in [0.4, 0.5) is 5.69 Å². The molecule has 2 aromatic rings. The largest absolute Gasteiger partial charge is 0.278 e. The highest BCUT2D eigenvalue weighted by atomic mass is 35.5. The maximum Gasteiger partial charge on any atom is 0.263 e. The van der Waals surface area contributed by atoms with Crippen LogP contribution in [-0.2, 0) is 10.0 Å². The lowest BCUT2D eigenvalue weighted by Gasteiger charge is -2.09. The van der Waals surface area contributed by atoms with E-state index in [0.717, 1.165) is 0 Å². The van der Waals surface area contributed by atoms with Crippen LogP contribution in [0, 0.1) is 11.3 Å². The highest BCUT2D eigenvalue weighted by Crippen LogP contribution is 2.25. The molecule has 0 spiro atoms. The summed E-state index contributed by atoms with van der Waals surface area (Å²) < 4.78 is 26.4. The molecule has 0 aliphatic rings. The Morgan fingerprint density at radius 2 is 2.11 bits per heavy atom. The van der Waals surface area contributed by atoms with Crippen LogP contribution in [0.1, 0.15) is 5.56 Å². The average Bonchev–Trinajstić information content (AvgIpc) is 2.42. The van der Waals surface area contributed by atoms with E-state index in [4.69, 9.17) is 16.9 Å².